The van der Waals surface area contributed by atoms with Crippen molar-refractivity contribution >= 4 is 29.5 Å². The topological polar surface area (TPSA) is 71.5 Å². The molecule has 0 amide bonds. The van der Waals surface area contributed by atoms with Crippen molar-refractivity contribution in [1.29, 1.82) is 0 Å². The minimum Gasteiger partial charge on any atom is -0.479 e. The molecule has 7 heteroatoms. The van der Waals surface area contributed by atoms with E-state index in [2.05, 4.69) is 4.98 Å². The van der Waals surface area contributed by atoms with Gasteiger partial charge in [-0.3, -0.25) is 4.79 Å². The monoisotopic (exact) mass is 385 g/mol. The minimum absolute atomic E-state index is 0.258. The Kier molecular flexibility index (Phi) is 6.90. The summed E-state index contributed by atoms with van der Waals surface area (Å²) < 4.78 is 11.4. The quantitative estimate of drug-likeness (QED) is 0.646. The molecule has 0 spiro atoms. The third-order valence-electron chi connectivity index (χ3n) is 3.91. The van der Waals surface area contributed by atoms with E-state index in [0.29, 0.717) is 24.3 Å². The third kappa shape index (κ3) is 4.98. The lowest BCUT2D eigenvalue weighted by molar-refractivity contribution is -0.150. The van der Waals surface area contributed by atoms with E-state index in [0.717, 1.165) is 5.69 Å². The first-order valence-corrected chi connectivity index (χ1v) is 8.66. The maximum Gasteiger partial charge on any atom is 0.182 e. The van der Waals surface area contributed by atoms with Gasteiger partial charge in [0.05, 0.1) is 5.02 Å². The van der Waals surface area contributed by atoms with Gasteiger partial charge in [0.2, 0.25) is 0 Å². The first-order chi connectivity index (χ1) is 11.9. The molecule has 0 saturated carbocycles. The SMILES string of the molecule is CCOC(C)(Cc1ccc[nH]1)C(O)C(C=O)Oc1ccc(Cl)cc1Cl. The number of aldehydes is 1. The first kappa shape index (κ1) is 19.8. The van der Waals surface area contributed by atoms with Gasteiger partial charge >= 0.3 is 0 Å². The second kappa shape index (κ2) is 8.72. The second-order valence-electron chi connectivity index (χ2n) is 5.86. The van der Waals surface area contributed by atoms with Gasteiger partial charge in [-0.1, -0.05) is 23.2 Å². The normalized spacial score (nSPS) is 16.0. The van der Waals surface area contributed by atoms with Gasteiger partial charge in [-0.25, -0.2) is 0 Å². The number of halogens is 2. The Hall–Kier alpha value is -1.53. The van der Waals surface area contributed by atoms with Crippen LogP contribution in [0.1, 0.15) is 19.5 Å². The van der Waals surface area contributed by atoms with Crippen molar-refractivity contribution in [3.8, 4) is 5.75 Å². The lowest BCUT2D eigenvalue weighted by Crippen LogP contribution is -2.53. The average molecular weight is 386 g/mol. The van der Waals surface area contributed by atoms with Crippen LogP contribution in [-0.4, -0.2) is 40.8 Å². The van der Waals surface area contributed by atoms with E-state index in [-0.39, 0.29) is 10.8 Å². The van der Waals surface area contributed by atoms with Gasteiger partial charge in [-0.2, -0.15) is 0 Å². The van der Waals surface area contributed by atoms with Crippen LogP contribution >= 0.6 is 23.2 Å². The summed E-state index contributed by atoms with van der Waals surface area (Å²) in [6.07, 6.45) is 0.360. The van der Waals surface area contributed by atoms with Gasteiger partial charge in [-0.05, 0) is 44.2 Å². The van der Waals surface area contributed by atoms with Crippen LogP contribution in [0, 0.1) is 0 Å². The zero-order valence-electron chi connectivity index (χ0n) is 14.0. The Morgan fingerprint density at radius 1 is 1.36 bits per heavy atom. The molecule has 0 fully saturated rings. The van der Waals surface area contributed by atoms with Crippen molar-refractivity contribution in [2.45, 2.75) is 38.1 Å². The lowest BCUT2D eigenvalue weighted by atomic mass is 9.89. The highest BCUT2D eigenvalue weighted by Crippen LogP contribution is 2.31. The molecule has 1 aromatic carbocycles. The Morgan fingerprint density at radius 2 is 2.12 bits per heavy atom. The minimum atomic E-state index is -1.21. The molecule has 0 bridgehead atoms. The molecule has 1 aromatic heterocycles. The summed E-state index contributed by atoms with van der Waals surface area (Å²) in [5, 5.41) is 11.5. The summed E-state index contributed by atoms with van der Waals surface area (Å²) in [6.45, 7) is 3.94. The summed E-state index contributed by atoms with van der Waals surface area (Å²) in [4.78, 5) is 14.6. The molecule has 5 nitrogen and oxygen atoms in total. The molecule has 1 heterocycles. The highest BCUT2D eigenvalue weighted by molar-refractivity contribution is 6.35. The zero-order valence-corrected chi connectivity index (χ0v) is 15.6. The van der Waals surface area contributed by atoms with Crippen LogP contribution < -0.4 is 4.74 Å². The molecular formula is C18H21Cl2NO4. The van der Waals surface area contributed by atoms with Crippen LogP contribution in [0.5, 0.6) is 5.75 Å². The molecule has 0 aliphatic carbocycles. The van der Waals surface area contributed by atoms with Gasteiger partial charge < -0.3 is 19.6 Å². The Balaban J connectivity index is 2.21. The fourth-order valence-electron chi connectivity index (χ4n) is 2.66. The van der Waals surface area contributed by atoms with Crippen molar-refractivity contribution in [3.63, 3.8) is 0 Å². The Labute approximate surface area is 156 Å². The molecule has 0 saturated heterocycles. The molecule has 136 valence electrons. The number of nitrogens with one attached hydrogen (secondary N) is 1. The van der Waals surface area contributed by atoms with Crippen LogP contribution in [0.4, 0.5) is 0 Å². The molecule has 2 rings (SSSR count). The number of hydrogen-bond donors (Lipinski definition) is 2. The van der Waals surface area contributed by atoms with E-state index >= 15 is 0 Å². The second-order valence-corrected chi connectivity index (χ2v) is 6.70. The molecule has 2 N–H and O–H groups in total. The summed E-state index contributed by atoms with van der Waals surface area (Å²) in [5.41, 5.74) is -0.145. The predicted molar refractivity (Wildman–Crippen MR) is 97.5 cm³/mol. The molecule has 0 aliphatic heterocycles. The Morgan fingerprint density at radius 3 is 2.68 bits per heavy atom. The maximum absolute atomic E-state index is 11.6. The van der Waals surface area contributed by atoms with Crippen molar-refractivity contribution in [2.75, 3.05) is 6.61 Å². The van der Waals surface area contributed by atoms with Gasteiger partial charge in [0.25, 0.3) is 0 Å². The molecular weight excluding hydrogens is 365 g/mol. The van der Waals surface area contributed by atoms with E-state index in [1.807, 2.05) is 19.1 Å². The maximum atomic E-state index is 11.6. The zero-order chi connectivity index (χ0) is 18.4. The third-order valence-corrected chi connectivity index (χ3v) is 4.44. The molecule has 3 atom stereocenters. The summed E-state index contributed by atoms with van der Waals surface area (Å²) in [6, 6.07) is 8.40. The molecule has 2 aromatic rings. The number of carbonyl (C=O) groups excluding carboxylic acids is 1. The van der Waals surface area contributed by atoms with Crippen molar-refractivity contribution in [3.05, 3.63) is 52.3 Å². The van der Waals surface area contributed by atoms with Crippen molar-refractivity contribution in [2.24, 2.45) is 0 Å². The van der Waals surface area contributed by atoms with Crippen molar-refractivity contribution in [1.82, 2.24) is 4.98 Å². The van der Waals surface area contributed by atoms with Gasteiger partial charge in [0.15, 0.2) is 12.4 Å². The summed E-state index contributed by atoms with van der Waals surface area (Å²) in [5.74, 6) is 0.265. The number of hydrogen-bond acceptors (Lipinski definition) is 4. The number of H-pyrrole nitrogens is 1. The number of ether oxygens (including phenoxy) is 2. The van der Waals surface area contributed by atoms with Crippen LogP contribution in [0.15, 0.2) is 36.5 Å². The number of aliphatic hydroxyl groups excluding tert-OH is 1. The number of aromatic nitrogens is 1. The van der Waals surface area contributed by atoms with Crippen LogP contribution in [0.2, 0.25) is 10.0 Å². The average Bonchev–Trinajstić information content (AvgIpc) is 3.06. The number of benzene rings is 1. The van der Waals surface area contributed by atoms with Gasteiger partial charge in [0, 0.05) is 29.9 Å². The number of rotatable bonds is 9. The van der Waals surface area contributed by atoms with E-state index in [9.17, 15) is 9.90 Å². The fourth-order valence-corrected chi connectivity index (χ4v) is 3.11. The molecule has 0 radical (unpaired) electrons. The number of carbonyl (C=O) groups is 1. The lowest BCUT2D eigenvalue weighted by Gasteiger charge is -2.36. The molecule has 0 aliphatic rings. The van der Waals surface area contributed by atoms with E-state index in [1.54, 1.807) is 25.3 Å². The molecule has 25 heavy (non-hydrogen) atoms. The van der Waals surface area contributed by atoms with E-state index in [1.165, 1.54) is 6.07 Å². The first-order valence-electron chi connectivity index (χ1n) is 7.91. The highest BCUT2D eigenvalue weighted by atomic mass is 35.5. The largest absolute Gasteiger partial charge is 0.479 e. The standard InChI is InChI=1S/C18H21Cl2NO4/c1-3-24-18(2,10-13-5-4-8-21-13)17(23)16(11-22)25-15-7-6-12(19)9-14(15)20/h4-9,11,16-17,21,23H,3,10H2,1-2H3. The fraction of sp³-hybridized carbons (Fsp3) is 0.389. The van der Waals surface area contributed by atoms with Gasteiger partial charge in [-0.15, -0.1) is 0 Å². The smallest absolute Gasteiger partial charge is 0.182 e. The van der Waals surface area contributed by atoms with Gasteiger partial charge in [0.1, 0.15) is 17.5 Å². The van der Waals surface area contributed by atoms with Crippen LogP contribution in [-0.2, 0) is 16.0 Å². The number of aromatic amines is 1. The van der Waals surface area contributed by atoms with Crippen LogP contribution in [0.25, 0.3) is 0 Å². The Bertz CT molecular complexity index is 692. The molecule has 3 unspecified atom stereocenters. The van der Waals surface area contributed by atoms with Crippen molar-refractivity contribution < 1.29 is 19.4 Å². The predicted octanol–water partition coefficient (Wildman–Crippen LogP) is 3.67. The highest BCUT2D eigenvalue weighted by Gasteiger charge is 2.41. The van der Waals surface area contributed by atoms with E-state index < -0.39 is 17.8 Å². The van der Waals surface area contributed by atoms with Crippen LogP contribution in [0.3, 0.4) is 0 Å². The summed E-state index contributed by atoms with van der Waals surface area (Å²) in [7, 11) is 0. The van der Waals surface area contributed by atoms with E-state index in [4.69, 9.17) is 32.7 Å². The summed E-state index contributed by atoms with van der Waals surface area (Å²) >= 11 is 11.9. The number of aliphatic hydroxyl groups is 1.